The van der Waals surface area contributed by atoms with Crippen molar-refractivity contribution in [2.45, 2.75) is 51.4 Å². The molecule has 1 aliphatic carbocycles. The van der Waals surface area contributed by atoms with E-state index in [1.165, 1.54) is 30.6 Å². The van der Waals surface area contributed by atoms with Gasteiger partial charge in [0.2, 0.25) is 0 Å². The van der Waals surface area contributed by atoms with Crippen molar-refractivity contribution in [1.82, 2.24) is 14.9 Å². The van der Waals surface area contributed by atoms with E-state index in [1.54, 1.807) is 7.11 Å². The second-order valence-electron chi connectivity index (χ2n) is 9.26. The van der Waals surface area contributed by atoms with Crippen molar-refractivity contribution in [3.05, 3.63) is 46.9 Å². The van der Waals surface area contributed by atoms with Gasteiger partial charge in [-0.15, -0.1) is 0 Å². The third kappa shape index (κ3) is 4.25. The Balaban J connectivity index is 1.29. The first-order valence-electron chi connectivity index (χ1n) is 11.7. The molecule has 1 aromatic carbocycles. The van der Waals surface area contributed by atoms with Gasteiger partial charge in [0.15, 0.2) is 0 Å². The van der Waals surface area contributed by atoms with Crippen molar-refractivity contribution in [1.29, 1.82) is 0 Å². The summed E-state index contributed by atoms with van der Waals surface area (Å²) in [6, 6.07) is 7.42. The van der Waals surface area contributed by atoms with Gasteiger partial charge in [0.05, 0.1) is 7.11 Å². The zero-order valence-corrected chi connectivity index (χ0v) is 18.6. The summed E-state index contributed by atoms with van der Waals surface area (Å²) in [5.74, 6) is 4.14. The van der Waals surface area contributed by atoms with Crippen LogP contribution in [0.1, 0.15) is 65.5 Å². The summed E-state index contributed by atoms with van der Waals surface area (Å²) in [7, 11) is 1.63. The van der Waals surface area contributed by atoms with Crippen LogP contribution in [0, 0.1) is 12.8 Å². The number of rotatable bonds is 5. The number of piperidine rings is 1. The molecule has 6 heteroatoms. The minimum atomic E-state index is 0.0792. The summed E-state index contributed by atoms with van der Waals surface area (Å²) in [6.07, 6.45) is 6.85. The molecular formula is C25H32N4O2. The molecule has 3 heterocycles. The molecule has 0 spiro atoms. The molecule has 2 fully saturated rings. The number of fused-ring (bicyclic) bond motifs is 1. The van der Waals surface area contributed by atoms with Crippen molar-refractivity contribution in [2.24, 2.45) is 5.92 Å². The smallest absolute Gasteiger partial charge is 0.253 e. The number of benzene rings is 1. The molecule has 2 aliphatic heterocycles. The highest BCUT2D eigenvalue weighted by molar-refractivity contribution is 5.94. The first-order valence-corrected chi connectivity index (χ1v) is 11.7. The molecule has 164 valence electrons. The lowest BCUT2D eigenvalue weighted by atomic mass is 9.94. The van der Waals surface area contributed by atoms with Crippen LogP contribution in [0.3, 0.4) is 0 Å². The molecule has 1 saturated carbocycles. The van der Waals surface area contributed by atoms with Gasteiger partial charge in [0, 0.05) is 48.9 Å². The Bertz CT molecular complexity index is 964. The maximum atomic E-state index is 12.9. The first-order chi connectivity index (χ1) is 15.1. The number of aryl methyl sites for hydroxylation is 1. The Morgan fingerprint density at radius 1 is 1.13 bits per heavy atom. The predicted octanol–water partition coefficient (Wildman–Crippen LogP) is 3.98. The number of amides is 1. The maximum Gasteiger partial charge on any atom is 0.253 e. The topological polar surface area (TPSA) is 58.6 Å². The van der Waals surface area contributed by atoms with Gasteiger partial charge in [0.1, 0.15) is 17.4 Å². The number of aromatic nitrogens is 2. The Hall–Kier alpha value is -2.63. The van der Waals surface area contributed by atoms with Crippen LogP contribution in [0.15, 0.2) is 24.3 Å². The fourth-order valence-electron chi connectivity index (χ4n) is 4.96. The van der Waals surface area contributed by atoms with E-state index in [0.717, 1.165) is 68.6 Å². The summed E-state index contributed by atoms with van der Waals surface area (Å²) in [5, 5.41) is 0. The van der Waals surface area contributed by atoms with E-state index in [0.29, 0.717) is 11.5 Å². The molecule has 6 nitrogen and oxygen atoms in total. The normalized spacial score (nSPS) is 19.3. The lowest BCUT2D eigenvalue weighted by Gasteiger charge is -2.34. The average molecular weight is 421 g/mol. The minimum absolute atomic E-state index is 0.0792. The number of hydrogen-bond acceptors (Lipinski definition) is 5. The van der Waals surface area contributed by atoms with Crippen molar-refractivity contribution in [2.75, 3.05) is 38.2 Å². The maximum absolute atomic E-state index is 12.9. The van der Waals surface area contributed by atoms with Gasteiger partial charge < -0.3 is 14.5 Å². The van der Waals surface area contributed by atoms with Gasteiger partial charge in [0.25, 0.3) is 5.91 Å². The molecule has 2 aromatic rings. The Labute approximate surface area is 184 Å². The monoisotopic (exact) mass is 420 g/mol. The van der Waals surface area contributed by atoms with Gasteiger partial charge in [-0.25, -0.2) is 9.97 Å². The second kappa shape index (κ2) is 8.48. The zero-order valence-electron chi connectivity index (χ0n) is 18.6. The van der Waals surface area contributed by atoms with Crippen molar-refractivity contribution in [3.8, 4) is 5.75 Å². The van der Waals surface area contributed by atoms with Crippen molar-refractivity contribution < 1.29 is 9.53 Å². The highest BCUT2D eigenvalue weighted by atomic mass is 16.5. The lowest BCUT2D eigenvalue weighted by Crippen LogP contribution is -2.38. The van der Waals surface area contributed by atoms with Gasteiger partial charge in [-0.05, 0) is 69.6 Å². The molecule has 1 saturated heterocycles. The average Bonchev–Trinajstić information content (AvgIpc) is 3.63. The quantitative estimate of drug-likeness (QED) is 0.732. The van der Waals surface area contributed by atoms with Gasteiger partial charge in [-0.3, -0.25) is 4.79 Å². The number of hydrogen-bond donors (Lipinski definition) is 0. The number of anilines is 1. The third-order valence-corrected chi connectivity index (χ3v) is 7.00. The number of carbonyl (C=O) groups is 1. The summed E-state index contributed by atoms with van der Waals surface area (Å²) in [5.41, 5.74) is 3.19. The standard InChI is InChI=1S/C25H32N4O2/c1-17-22-7-4-12-29(16-18-8-9-18)24(22)27-23(26-17)19-10-13-28(14-11-19)25(30)20-5-3-6-21(15-20)31-2/h3,5-6,15,18-19H,4,7-14,16H2,1-2H3. The third-order valence-electron chi connectivity index (χ3n) is 7.00. The minimum Gasteiger partial charge on any atom is -0.497 e. The number of nitrogens with zero attached hydrogens (tertiary/aromatic N) is 4. The highest BCUT2D eigenvalue weighted by Gasteiger charge is 2.31. The van der Waals surface area contributed by atoms with Gasteiger partial charge in [-0.1, -0.05) is 6.07 Å². The molecule has 0 unspecified atom stereocenters. The van der Waals surface area contributed by atoms with E-state index in [2.05, 4.69) is 11.8 Å². The van der Waals surface area contributed by atoms with E-state index in [4.69, 9.17) is 14.7 Å². The van der Waals surface area contributed by atoms with E-state index in [9.17, 15) is 4.79 Å². The Morgan fingerprint density at radius 3 is 2.68 bits per heavy atom. The summed E-state index contributed by atoms with van der Waals surface area (Å²) >= 11 is 0. The molecular weight excluding hydrogens is 388 g/mol. The number of carbonyl (C=O) groups excluding carboxylic acids is 1. The summed E-state index contributed by atoms with van der Waals surface area (Å²) < 4.78 is 5.27. The van der Waals surface area contributed by atoms with Crippen LogP contribution in [0.2, 0.25) is 0 Å². The summed E-state index contributed by atoms with van der Waals surface area (Å²) in [4.78, 5) is 27.4. The molecule has 0 atom stereocenters. The van der Waals surface area contributed by atoms with E-state index in [-0.39, 0.29) is 5.91 Å². The molecule has 5 rings (SSSR count). The SMILES string of the molecule is COc1cccc(C(=O)N2CCC(c3nc(C)c4c(n3)N(CC3CC3)CCC4)CC2)c1. The molecule has 0 radical (unpaired) electrons. The van der Waals surface area contributed by atoms with Gasteiger partial charge in [-0.2, -0.15) is 0 Å². The number of ether oxygens (including phenoxy) is 1. The summed E-state index contributed by atoms with van der Waals surface area (Å²) in [6.45, 7) is 5.90. The van der Waals surface area contributed by atoms with Crippen molar-refractivity contribution in [3.63, 3.8) is 0 Å². The number of methoxy groups -OCH3 is 1. The van der Waals surface area contributed by atoms with E-state index >= 15 is 0 Å². The van der Waals surface area contributed by atoms with Crippen LogP contribution in [-0.4, -0.2) is 54.1 Å². The van der Waals surface area contributed by atoms with E-state index < -0.39 is 0 Å². The van der Waals surface area contributed by atoms with Crippen LogP contribution in [-0.2, 0) is 6.42 Å². The predicted molar refractivity (Wildman–Crippen MR) is 121 cm³/mol. The molecule has 1 aromatic heterocycles. The Morgan fingerprint density at radius 2 is 1.94 bits per heavy atom. The molecule has 1 amide bonds. The van der Waals surface area contributed by atoms with Crippen LogP contribution in [0.4, 0.5) is 5.82 Å². The Kier molecular flexibility index (Phi) is 5.55. The molecule has 0 N–H and O–H groups in total. The van der Waals surface area contributed by atoms with Crippen LogP contribution in [0.25, 0.3) is 0 Å². The molecule has 3 aliphatic rings. The molecule has 31 heavy (non-hydrogen) atoms. The second-order valence-corrected chi connectivity index (χ2v) is 9.26. The van der Waals surface area contributed by atoms with E-state index in [1.807, 2.05) is 29.2 Å². The van der Waals surface area contributed by atoms with Crippen LogP contribution in [0.5, 0.6) is 5.75 Å². The fraction of sp³-hybridized carbons (Fsp3) is 0.560. The van der Waals surface area contributed by atoms with Crippen molar-refractivity contribution >= 4 is 11.7 Å². The largest absolute Gasteiger partial charge is 0.497 e. The lowest BCUT2D eigenvalue weighted by molar-refractivity contribution is 0.0710. The zero-order chi connectivity index (χ0) is 21.4. The first kappa shape index (κ1) is 20.3. The van der Waals surface area contributed by atoms with Crippen LogP contribution < -0.4 is 9.64 Å². The molecule has 0 bridgehead atoms. The fourth-order valence-corrected chi connectivity index (χ4v) is 4.96. The van der Waals surface area contributed by atoms with Crippen LogP contribution >= 0.6 is 0 Å². The highest BCUT2D eigenvalue weighted by Crippen LogP contribution is 2.36. The number of likely N-dealkylation sites (tertiary alicyclic amines) is 1. The van der Waals surface area contributed by atoms with Gasteiger partial charge >= 0.3 is 0 Å².